The van der Waals surface area contributed by atoms with Crippen molar-refractivity contribution >= 4 is 28.0 Å². The number of aromatic nitrogens is 2. The Balaban J connectivity index is 1.75. The molecule has 27 heavy (non-hydrogen) atoms. The minimum absolute atomic E-state index is 0.324. The van der Waals surface area contributed by atoms with Crippen molar-refractivity contribution in [2.24, 2.45) is 0 Å². The van der Waals surface area contributed by atoms with E-state index in [4.69, 9.17) is 5.41 Å². The van der Waals surface area contributed by atoms with Crippen LogP contribution in [0.2, 0.25) is 0 Å². The average molecular weight is 358 g/mol. The monoisotopic (exact) mass is 358 g/mol. The highest BCUT2D eigenvalue weighted by molar-refractivity contribution is 5.96. The molecule has 2 N–H and O–H groups in total. The van der Waals surface area contributed by atoms with Crippen LogP contribution in [0.15, 0.2) is 66.7 Å². The number of hydrogen-bond donors (Lipinski definition) is 2. The minimum atomic E-state index is -0.324. The molecule has 0 saturated heterocycles. The van der Waals surface area contributed by atoms with E-state index in [9.17, 15) is 4.39 Å². The molecule has 3 aromatic carbocycles. The Labute approximate surface area is 156 Å². The lowest BCUT2D eigenvalue weighted by Gasteiger charge is -2.12. The predicted octanol–water partition coefficient (Wildman–Crippen LogP) is 5.60. The van der Waals surface area contributed by atoms with Gasteiger partial charge in [0, 0.05) is 17.5 Å². The molecule has 0 aliphatic rings. The first kappa shape index (κ1) is 17.0. The lowest BCUT2D eigenvalue weighted by molar-refractivity contribution is 0.613. The molecule has 1 aromatic heterocycles. The van der Waals surface area contributed by atoms with Crippen LogP contribution in [0, 0.1) is 18.2 Å². The third kappa shape index (κ3) is 3.31. The number of anilines is 2. The van der Waals surface area contributed by atoms with Gasteiger partial charge >= 0.3 is 0 Å². The normalized spacial score (nSPS) is 10.9. The molecule has 5 heteroatoms. The second-order valence-corrected chi connectivity index (χ2v) is 6.56. The standard InChI is InChI=1S/C22H19FN4/c1-14-11-22(25-19-9-7-16(8-10-19)15(2)24)27(26-14)21-13-18-6-4-3-5-17(18)12-20(21)23/h3-13,24-25H,1-2H3. The highest BCUT2D eigenvalue weighted by atomic mass is 19.1. The van der Waals surface area contributed by atoms with E-state index >= 15 is 0 Å². The van der Waals surface area contributed by atoms with Crippen LogP contribution in [-0.4, -0.2) is 15.5 Å². The lowest BCUT2D eigenvalue weighted by Crippen LogP contribution is -2.05. The first-order chi connectivity index (χ1) is 13.0. The highest BCUT2D eigenvalue weighted by Gasteiger charge is 2.13. The number of nitrogens with one attached hydrogen (secondary N) is 2. The average Bonchev–Trinajstić information content (AvgIpc) is 3.01. The number of aryl methyl sites for hydroxylation is 1. The van der Waals surface area contributed by atoms with Crippen molar-refractivity contribution in [2.45, 2.75) is 13.8 Å². The molecule has 0 amide bonds. The van der Waals surface area contributed by atoms with E-state index in [2.05, 4.69) is 10.4 Å². The highest BCUT2D eigenvalue weighted by Crippen LogP contribution is 2.27. The maximum Gasteiger partial charge on any atom is 0.149 e. The summed E-state index contributed by atoms with van der Waals surface area (Å²) in [7, 11) is 0. The van der Waals surface area contributed by atoms with E-state index in [-0.39, 0.29) is 5.82 Å². The Hall–Kier alpha value is -3.47. The molecule has 0 fully saturated rings. The third-order valence-corrected chi connectivity index (χ3v) is 4.47. The third-order valence-electron chi connectivity index (χ3n) is 4.47. The summed E-state index contributed by atoms with van der Waals surface area (Å²) in [6, 6.07) is 20.5. The molecular formula is C22H19FN4. The molecule has 0 aliphatic heterocycles. The summed E-state index contributed by atoms with van der Waals surface area (Å²) in [5, 5.41) is 17.3. The Kier molecular flexibility index (Phi) is 4.20. The van der Waals surface area contributed by atoms with Crippen LogP contribution in [0.5, 0.6) is 0 Å². The fourth-order valence-electron chi connectivity index (χ4n) is 3.09. The molecule has 4 rings (SSSR count). The van der Waals surface area contributed by atoms with Crippen molar-refractivity contribution in [1.82, 2.24) is 9.78 Å². The van der Waals surface area contributed by atoms with E-state index < -0.39 is 0 Å². The summed E-state index contributed by atoms with van der Waals surface area (Å²) in [6.45, 7) is 3.63. The molecule has 0 atom stereocenters. The Morgan fingerprint density at radius 2 is 1.67 bits per heavy atom. The second-order valence-electron chi connectivity index (χ2n) is 6.56. The summed E-state index contributed by atoms with van der Waals surface area (Å²) in [5.41, 5.74) is 3.42. The smallest absolute Gasteiger partial charge is 0.149 e. The van der Waals surface area contributed by atoms with E-state index in [1.807, 2.05) is 67.6 Å². The van der Waals surface area contributed by atoms with E-state index in [1.54, 1.807) is 11.6 Å². The molecular weight excluding hydrogens is 339 g/mol. The van der Waals surface area contributed by atoms with Crippen LogP contribution < -0.4 is 5.32 Å². The van der Waals surface area contributed by atoms with Crippen LogP contribution in [0.1, 0.15) is 18.2 Å². The first-order valence-electron chi connectivity index (χ1n) is 8.69. The molecule has 0 saturated carbocycles. The summed E-state index contributed by atoms with van der Waals surface area (Å²) >= 11 is 0. The van der Waals surface area contributed by atoms with Gasteiger partial charge in [-0.3, -0.25) is 0 Å². The molecule has 0 unspecified atom stereocenters. The van der Waals surface area contributed by atoms with Gasteiger partial charge in [0.15, 0.2) is 0 Å². The van der Waals surface area contributed by atoms with Gasteiger partial charge in [0.2, 0.25) is 0 Å². The van der Waals surface area contributed by atoms with Crippen molar-refractivity contribution in [1.29, 1.82) is 5.41 Å². The van der Waals surface area contributed by atoms with Crippen molar-refractivity contribution in [3.8, 4) is 5.69 Å². The molecule has 0 bridgehead atoms. The fraction of sp³-hybridized carbons (Fsp3) is 0.0909. The molecule has 1 heterocycles. The minimum Gasteiger partial charge on any atom is -0.340 e. The number of fused-ring (bicyclic) bond motifs is 1. The van der Waals surface area contributed by atoms with Gasteiger partial charge in [-0.2, -0.15) is 5.10 Å². The second kappa shape index (κ2) is 6.68. The maximum absolute atomic E-state index is 14.8. The zero-order valence-electron chi connectivity index (χ0n) is 15.1. The molecule has 0 radical (unpaired) electrons. The zero-order chi connectivity index (χ0) is 19.0. The summed E-state index contributed by atoms with van der Waals surface area (Å²) < 4.78 is 16.4. The van der Waals surface area contributed by atoms with E-state index in [0.717, 1.165) is 27.7 Å². The fourth-order valence-corrected chi connectivity index (χ4v) is 3.09. The predicted molar refractivity (Wildman–Crippen MR) is 108 cm³/mol. The summed E-state index contributed by atoms with van der Waals surface area (Å²) in [4.78, 5) is 0. The van der Waals surface area contributed by atoms with Gasteiger partial charge in [0.25, 0.3) is 0 Å². The lowest BCUT2D eigenvalue weighted by atomic mass is 10.1. The largest absolute Gasteiger partial charge is 0.340 e. The van der Waals surface area contributed by atoms with Crippen molar-refractivity contribution in [2.75, 3.05) is 5.32 Å². The van der Waals surface area contributed by atoms with Gasteiger partial charge < -0.3 is 10.7 Å². The summed E-state index contributed by atoms with van der Waals surface area (Å²) in [6.07, 6.45) is 0. The summed E-state index contributed by atoms with van der Waals surface area (Å²) in [5.74, 6) is 0.357. The van der Waals surface area contributed by atoms with Gasteiger partial charge in [-0.1, -0.05) is 36.4 Å². The molecule has 4 aromatic rings. The first-order valence-corrected chi connectivity index (χ1v) is 8.69. The molecule has 0 aliphatic carbocycles. The number of rotatable bonds is 4. The van der Waals surface area contributed by atoms with Gasteiger partial charge in [0.1, 0.15) is 17.3 Å². The van der Waals surface area contributed by atoms with E-state index in [1.165, 1.54) is 6.07 Å². The van der Waals surface area contributed by atoms with Gasteiger partial charge in [-0.05, 0) is 54.4 Å². The maximum atomic E-state index is 14.8. The molecule has 4 nitrogen and oxygen atoms in total. The van der Waals surface area contributed by atoms with Gasteiger partial charge in [-0.15, -0.1) is 0 Å². The van der Waals surface area contributed by atoms with Crippen LogP contribution in [0.4, 0.5) is 15.9 Å². The quantitative estimate of drug-likeness (QED) is 0.466. The number of halogens is 1. The van der Waals surface area contributed by atoms with Crippen molar-refractivity contribution < 1.29 is 4.39 Å². The van der Waals surface area contributed by atoms with Crippen molar-refractivity contribution in [3.05, 3.63) is 83.8 Å². The Bertz CT molecular complexity index is 1140. The van der Waals surface area contributed by atoms with Crippen LogP contribution in [-0.2, 0) is 0 Å². The van der Waals surface area contributed by atoms with Crippen LogP contribution in [0.25, 0.3) is 16.5 Å². The topological polar surface area (TPSA) is 53.7 Å². The van der Waals surface area contributed by atoms with Gasteiger partial charge in [-0.25, -0.2) is 9.07 Å². The van der Waals surface area contributed by atoms with Crippen molar-refractivity contribution in [3.63, 3.8) is 0 Å². The number of benzene rings is 3. The SMILES string of the molecule is CC(=N)c1ccc(Nc2cc(C)nn2-c2cc3ccccc3cc2F)cc1. The van der Waals surface area contributed by atoms with Crippen LogP contribution >= 0.6 is 0 Å². The number of nitrogens with zero attached hydrogens (tertiary/aromatic N) is 2. The molecule has 0 spiro atoms. The van der Waals surface area contributed by atoms with E-state index in [0.29, 0.717) is 17.2 Å². The van der Waals surface area contributed by atoms with Gasteiger partial charge in [0.05, 0.1) is 5.69 Å². The molecule has 134 valence electrons. The Morgan fingerprint density at radius 1 is 1.00 bits per heavy atom. The number of hydrogen-bond acceptors (Lipinski definition) is 3. The Morgan fingerprint density at radius 3 is 2.33 bits per heavy atom. The zero-order valence-corrected chi connectivity index (χ0v) is 15.1. The van der Waals surface area contributed by atoms with Crippen LogP contribution in [0.3, 0.4) is 0 Å².